The molecule has 0 spiro atoms. The molecule has 0 aromatic heterocycles. The molecule has 8 nitrogen and oxygen atoms in total. The van der Waals surface area contributed by atoms with E-state index in [1.807, 2.05) is 6.92 Å². The average molecular weight is 462 g/mol. The van der Waals surface area contributed by atoms with Gasteiger partial charge in [-0.1, -0.05) is 13.0 Å². The number of hydrogen-bond donors (Lipinski definition) is 1. The van der Waals surface area contributed by atoms with E-state index in [-0.39, 0.29) is 48.5 Å². The molecule has 2 aromatic carbocycles. The maximum Gasteiger partial charge on any atom is 0.265 e. The maximum atomic E-state index is 13.8. The highest BCUT2D eigenvalue weighted by atomic mass is 32.2. The van der Waals surface area contributed by atoms with Gasteiger partial charge >= 0.3 is 0 Å². The number of sulfonamides is 1. The van der Waals surface area contributed by atoms with E-state index in [1.165, 1.54) is 33.5 Å². The number of amides is 2. The van der Waals surface area contributed by atoms with Crippen molar-refractivity contribution in [3.05, 3.63) is 53.3 Å². The molecule has 2 aromatic rings. The molecule has 0 radical (unpaired) electrons. The number of ether oxygens (including phenoxy) is 1. The first-order valence-electron chi connectivity index (χ1n) is 10.4. The highest BCUT2D eigenvalue weighted by molar-refractivity contribution is 7.89. The molecule has 2 aliphatic heterocycles. The quantitative estimate of drug-likeness (QED) is 0.754. The summed E-state index contributed by atoms with van der Waals surface area (Å²) in [6.07, 6.45) is -0.0959. The number of nitrogens with one attached hydrogen (secondary N) is 1. The van der Waals surface area contributed by atoms with Crippen LogP contribution in [0, 0.1) is 12.7 Å². The third-order valence-corrected chi connectivity index (χ3v) is 7.62. The third-order valence-electron chi connectivity index (χ3n) is 5.72. The van der Waals surface area contributed by atoms with Crippen molar-refractivity contribution in [3.63, 3.8) is 0 Å². The van der Waals surface area contributed by atoms with Gasteiger partial charge in [-0.05, 0) is 49.2 Å². The second-order valence-electron chi connectivity index (χ2n) is 7.82. The summed E-state index contributed by atoms with van der Waals surface area (Å²) in [5, 5.41) is 2.69. The topological polar surface area (TPSA) is 96.0 Å². The molecule has 170 valence electrons. The van der Waals surface area contributed by atoms with Crippen LogP contribution in [-0.4, -0.2) is 61.7 Å². The van der Waals surface area contributed by atoms with Crippen molar-refractivity contribution in [2.75, 3.05) is 31.5 Å². The van der Waals surface area contributed by atoms with E-state index < -0.39 is 21.9 Å². The Morgan fingerprint density at radius 1 is 1.16 bits per heavy atom. The van der Waals surface area contributed by atoms with E-state index in [2.05, 4.69) is 5.32 Å². The number of carbonyl (C=O) groups is 2. The second kappa shape index (κ2) is 8.51. The van der Waals surface area contributed by atoms with Crippen LogP contribution in [0.4, 0.5) is 10.1 Å². The Morgan fingerprint density at radius 2 is 1.88 bits per heavy atom. The molecule has 0 unspecified atom stereocenters. The molecule has 1 saturated heterocycles. The molecule has 32 heavy (non-hydrogen) atoms. The molecule has 2 heterocycles. The van der Waals surface area contributed by atoms with E-state index in [4.69, 9.17) is 4.74 Å². The number of nitrogens with zero attached hydrogens (tertiary/aromatic N) is 2. The highest BCUT2D eigenvalue weighted by Crippen LogP contribution is 2.33. The van der Waals surface area contributed by atoms with Crippen LogP contribution in [0.15, 0.2) is 41.3 Å². The largest absolute Gasteiger partial charge is 0.478 e. The van der Waals surface area contributed by atoms with Gasteiger partial charge < -0.3 is 15.0 Å². The molecule has 2 amide bonds. The Kier molecular flexibility index (Phi) is 5.91. The first-order chi connectivity index (χ1) is 15.2. The molecular weight excluding hydrogens is 437 g/mol. The van der Waals surface area contributed by atoms with Gasteiger partial charge in [0.1, 0.15) is 11.6 Å². The summed E-state index contributed by atoms with van der Waals surface area (Å²) in [5.41, 5.74) is 1.01. The van der Waals surface area contributed by atoms with Gasteiger partial charge in [0.15, 0.2) is 6.10 Å². The van der Waals surface area contributed by atoms with E-state index in [0.717, 1.165) is 0 Å². The van der Waals surface area contributed by atoms with Crippen LogP contribution < -0.4 is 10.1 Å². The standard InChI is InChI=1S/C22H24FN3O5S/c1-3-19-21(27)24-18-13-16(6-7-20(18)31-19)32(29,30)26-10-8-25(9-11-26)22(28)15-5-4-14(2)17(23)12-15/h4-7,12-13,19H,3,8-11H2,1-2H3,(H,24,27)/t19-/m1/s1. The zero-order chi connectivity index (χ0) is 23.0. The van der Waals surface area contributed by atoms with Crippen molar-refractivity contribution < 1.29 is 27.1 Å². The van der Waals surface area contributed by atoms with Crippen molar-refractivity contribution >= 4 is 27.5 Å². The lowest BCUT2D eigenvalue weighted by atomic mass is 10.1. The molecule has 0 bridgehead atoms. The molecule has 10 heteroatoms. The van der Waals surface area contributed by atoms with Crippen molar-refractivity contribution in [2.45, 2.75) is 31.3 Å². The van der Waals surface area contributed by atoms with Crippen LogP contribution in [0.3, 0.4) is 0 Å². The Morgan fingerprint density at radius 3 is 2.53 bits per heavy atom. The summed E-state index contributed by atoms with van der Waals surface area (Å²) in [6, 6.07) is 8.69. The van der Waals surface area contributed by atoms with E-state index in [9.17, 15) is 22.4 Å². The van der Waals surface area contributed by atoms with Gasteiger partial charge in [0.2, 0.25) is 10.0 Å². The van der Waals surface area contributed by atoms with Crippen molar-refractivity contribution in [1.82, 2.24) is 9.21 Å². The molecule has 1 atom stereocenters. The Balaban J connectivity index is 1.46. The highest BCUT2D eigenvalue weighted by Gasteiger charge is 2.32. The monoisotopic (exact) mass is 461 g/mol. The molecular formula is C22H24FN3O5S. The van der Waals surface area contributed by atoms with Crippen LogP contribution >= 0.6 is 0 Å². The van der Waals surface area contributed by atoms with Crippen molar-refractivity contribution in [2.24, 2.45) is 0 Å². The molecule has 0 aliphatic carbocycles. The number of carbonyl (C=O) groups excluding carboxylic acids is 2. The van der Waals surface area contributed by atoms with Crippen LogP contribution in [0.2, 0.25) is 0 Å². The van der Waals surface area contributed by atoms with Crippen LogP contribution in [0.5, 0.6) is 5.75 Å². The predicted molar refractivity (Wildman–Crippen MR) is 116 cm³/mol. The fraction of sp³-hybridized carbons (Fsp3) is 0.364. The predicted octanol–water partition coefficient (Wildman–Crippen LogP) is 2.39. The zero-order valence-corrected chi connectivity index (χ0v) is 18.6. The minimum atomic E-state index is -3.83. The molecule has 2 aliphatic rings. The lowest BCUT2D eigenvalue weighted by Gasteiger charge is -2.34. The summed E-state index contributed by atoms with van der Waals surface area (Å²) in [6.45, 7) is 4.05. The molecule has 4 rings (SSSR count). The maximum absolute atomic E-state index is 13.8. The summed E-state index contributed by atoms with van der Waals surface area (Å²) in [5.74, 6) is -0.670. The smallest absolute Gasteiger partial charge is 0.265 e. The van der Waals surface area contributed by atoms with Crippen LogP contribution in [0.25, 0.3) is 0 Å². The summed E-state index contributed by atoms with van der Waals surface area (Å²) in [7, 11) is -3.83. The van der Waals surface area contributed by atoms with E-state index in [1.54, 1.807) is 19.1 Å². The van der Waals surface area contributed by atoms with Gasteiger partial charge in [0.25, 0.3) is 11.8 Å². The van der Waals surface area contributed by atoms with Gasteiger partial charge in [0.05, 0.1) is 10.6 Å². The van der Waals surface area contributed by atoms with Crippen LogP contribution in [0.1, 0.15) is 29.3 Å². The van der Waals surface area contributed by atoms with Crippen molar-refractivity contribution in [1.29, 1.82) is 0 Å². The SMILES string of the molecule is CC[C@H]1Oc2ccc(S(=O)(=O)N3CCN(C(=O)c4ccc(C)c(F)c4)CC3)cc2NC1=O. The van der Waals surface area contributed by atoms with E-state index in [0.29, 0.717) is 23.4 Å². The first kappa shape index (κ1) is 22.2. The second-order valence-corrected chi connectivity index (χ2v) is 9.76. The lowest BCUT2D eigenvalue weighted by molar-refractivity contribution is -0.123. The fourth-order valence-corrected chi connectivity index (χ4v) is 5.20. The van der Waals surface area contributed by atoms with Crippen molar-refractivity contribution in [3.8, 4) is 5.75 Å². The minimum absolute atomic E-state index is 0.0375. The van der Waals surface area contributed by atoms with Gasteiger partial charge in [0, 0.05) is 31.7 Å². The van der Waals surface area contributed by atoms with Gasteiger partial charge in [-0.2, -0.15) is 4.31 Å². The molecule has 1 fully saturated rings. The fourth-order valence-electron chi connectivity index (χ4n) is 3.75. The number of hydrogen-bond acceptors (Lipinski definition) is 5. The zero-order valence-electron chi connectivity index (χ0n) is 17.8. The normalized spacial score (nSPS) is 19.2. The van der Waals surface area contributed by atoms with Gasteiger partial charge in [-0.25, -0.2) is 12.8 Å². The number of aryl methyl sites for hydroxylation is 1. The lowest BCUT2D eigenvalue weighted by Crippen LogP contribution is -2.50. The Hall–Kier alpha value is -2.98. The molecule has 0 saturated carbocycles. The summed E-state index contributed by atoms with van der Waals surface area (Å²) >= 11 is 0. The Bertz CT molecular complexity index is 1180. The Labute approximate surface area is 186 Å². The minimum Gasteiger partial charge on any atom is -0.478 e. The number of benzene rings is 2. The number of rotatable bonds is 4. The van der Waals surface area contributed by atoms with E-state index >= 15 is 0 Å². The summed E-state index contributed by atoms with van der Waals surface area (Å²) in [4.78, 5) is 26.3. The molecule has 1 N–H and O–H groups in total. The van der Waals surface area contributed by atoms with Gasteiger partial charge in [-0.15, -0.1) is 0 Å². The first-order valence-corrected chi connectivity index (χ1v) is 11.8. The number of piperazine rings is 1. The number of fused-ring (bicyclic) bond motifs is 1. The number of halogens is 1. The van der Waals surface area contributed by atoms with Gasteiger partial charge in [-0.3, -0.25) is 9.59 Å². The third kappa shape index (κ3) is 4.07. The van der Waals surface area contributed by atoms with Crippen LogP contribution in [-0.2, 0) is 14.8 Å². The number of anilines is 1. The summed E-state index contributed by atoms with van der Waals surface area (Å²) < 4.78 is 47.0. The average Bonchev–Trinajstić information content (AvgIpc) is 2.79.